The van der Waals surface area contributed by atoms with Gasteiger partial charge in [-0.05, 0) is 167 Å². The first-order valence-corrected chi connectivity index (χ1v) is 34.7. The molecule has 0 spiro atoms. The van der Waals surface area contributed by atoms with Crippen molar-refractivity contribution in [3.8, 4) is 67.6 Å². The SMILES string of the molecule is c1ccc2c(c1)c1ccccc1n2-c1ccc2c(c1)c1ccccc1n2-c1cnc(-n2c3ccccc3c3cc(-n4c5ccccc5c5ccccc54)ccc32)c(-n2c3ccccc3c3cc(-n4c5ccccc5c5ccccc54)ccc32)c1-c1ccc(-c2ccncc2)c(-c2ccncc2)c1. The summed E-state index contributed by atoms with van der Waals surface area (Å²) in [6.45, 7) is 0. The number of aromatic nitrogens is 9. The van der Waals surface area contributed by atoms with Crippen LogP contribution in [0.5, 0.6) is 0 Å². The predicted molar refractivity (Wildman–Crippen MR) is 422 cm³/mol. The summed E-state index contributed by atoms with van der Waals surface area (Å²) in [5.41, 5.74) is 24.5. The molecule has 22 rings (SSSR count). The second-order valence-electron chi connectivity index (χ2n) is 26.7. The molecule has 13 aromatic carbocycles. The van der Waals surface area contributed by atoms with Crippen molar-refractivity contribution < 1.29 is 0 Å². The van der Waals surface area contributed by atoms with Gasteiger partial charge in [0.25, 0.3) is 0 Å². The molecule has 0 saturated heterocycles. The summed E-state index contributed by atoms with van der Waals surface area (Å²) in [5, 5.41) is 14.1. The van der Waals surface area contributed by atoms with Gasteiger partial charge >= 0.3 is 0 Å². The normalized spacial score (nSPS) is 12.1. The molecule has 22 aromatic rings. The molecule has 9 aromatic heterocycles. The molecule has 0 amide bonds. The zero-order valence-corrected chi connectivity index (χ0v) is 54.9. The quantitative estimate of drug-likeness (QED) is 0.145. The fourth-order valence-corrected chi connectivity index (χ4v) is 17.2. The van der Waals surface area contributed by atoms with Crippen LogP contribution in [0, 0.1) is 0 Å². The molecule has 102 heavy (non-hydrogen) atoms. The average Bonchev–Trinajstić information content (AvgIpc) is 1.48. The largest absolute Gasteiger partial charge is 0.309 e. The van der Waals surface area contributed by atoms with Crippen LogP contribution in [0.3, 0.4) is 0 Å². The van der Waals surface area contributed by atoms with Crippen LogP contribution in [-0.4, -0.2) is 42.4 Å². The van der Waals surface area contributed by atoms with E-state index in [1.807, 2.05) is 24.8 Å². The van der Waals surface area contributed by atoms with Gasteiger partial charge in [0.05, 0.1) is 83.8 Å². The topological polar surface area (TPSA) is 68.2 Å². The molecule has 0 aliphatic carbocycles. The van der Waals surface area contributed by atoms with Gasteiger partial charge in [-0.2, -0.15) is 0 Å². The van der Waals surface area contributed by atoms with E-state index >= 15 is 0 Å². The van der Waals surface area contributed by atoms with E-state index in [0.29, 0.717) is 0 Å². The van der Waals surface area contributed by atoms with Crippen molar-refractivity contribution >= 4 is 131 Å². The van der Waals surface area contributed by atoms with E-state index in [-0.39, 0.29) is 0 Å². The summed E-state index contributed by atoms with van der Waals surface area (Å²) in [7, 11) is 0. The lowest BCUT2D eigenvalue weighted by Crippen LogP contribution is -2.11. The number of nitrogens with zero attached hydrogens (tertiary/aromatic N) is 9. The molecule has 0 radical (unpaired) electrons. The van der Waals surface area contributed by atoms with Gasteiger partial charge in [-0.3, -0.25) is 14.5 Å². The first-order valence-electron chi connectivity index (χ1n) is 34.7. The molecule has 0 fully saturated rings. The highest BCUT2D eigenvalue weighted by molar-refractivity contribution is 6.18. The molecule has 9 heterocycles. The number of hydrogen-bond donors (Lipinski definition) is 0. The van der Waals surface area contributed by atoms with Crippen LogP contribution in [0.15, 0.2) is 346 Å². The van der Waals surface area contributed by atoms with Gasteiger partial charge in [0.2, 0.25) is 0 Å². The first kappa shape index (κ1) is 56.2. The van der Waals surface area contributed by atoms with E-state index in [4.69, 9.17) is 4.98 Å². The number of para-hydroxylation sites is 9. The smallest absolute Gasteiger partial charge is 0.162 e. The molecule has 9 nitrogen and oxygen atoms in total. The minimum Gasteiger partial charge on any atom is -0.309 e. The number of hydrogen-bond acceptors (Lipinski definition) is 3. The summed E-state index contributed by atoms with van der Waals surface area (Å²) < 4.78 is 14.7. The third kappa shape index (κ3) is 8.06. The van der Waals surface area contributed by atoms with E-state index in [2.05, 4.69) is 359 Å². The molecule has 0 saturated carbocycles. The lowest BCUT2D eigenvalue weighted by molar-refractivity contribution is 1.01. The van der Waals surface area contributed by atoms with Crippen molar-refractivity contribution in [2.45, 2.75) is 0 Å². The zero-order valence-electron chi connectivity index (χ0n) is 54.9. The predicted octanol–water partition coefficient (Wildman–Crippen LogP) is 23.5. The van der Waals surface area contributed by atoms with Crippen LogP contribution < -0.4 is 0 Å². The number of pyridine rings is 3. The number of fused-ring (bicyclic) bond motifs is 18. The Morgan fingerprint density at radius 2 is 0.500 bits per heavy atom. The molecule has 9 heteroatoms. The minimum absolute atomic E-state index is 0.775. The molecule has 0 aliphatic rings. The highest BCUT2D eigenvalue weighted by atomic mass is 15.1. The van der Waals surface area contributed by atoms with Crippen LogP contribution >= 0.6 is 0 Å². The van der Waals surface area contributed by atoms with Crippen LogP contribution in [0.4, 0.5) is 0 Å². The van der Waals surface area contributed by atoms with E-state index in [1.54, 1.807) is 0 Å². The van der Waals surface area contributed by atoms with Crippen LogP contribution in [0.2, 0.25) is 0 Å². The first-order chi connectivity index (χ1) is 50.7. The van der Waals surface area contributed by atoms with E-state index < -0.39 is 0 Å². The van der Waals surface area contributed by atoms with Crippen LogP contribution in [-0.2, 0) is 0 Å². The summed E-state index contributed by atoms with van der Waals surface area (Å²) >= 11 is 0. The second-order valence-corrected chi connectivity index (χ2v) is 26.7. The Morgan fingerprint density at radius 3 is 0.882 bits per heavy atom. The zero-order chi connectivity index (χ0) is 66.7. The van der Waals surface area contributed by atoms with Gasteiger partial charge < -0.3 is 22.8 Å². The Labute approximate surface area is 583 Å². The Balaban J connectivity index is 0.895. The van der Waals surface area contributed by atoms with Gasteiger partial charge in [-0.25, -0.2) is 4.98 Å². The van der Waals surface area contributed by atoms with Gasteiger partial charge in [0.1, 0.15) is 0 Å². The summed E-state index contributed by atoms with van der Waals surface area (Å²) in [6, 6.07) is 116. The lowest BCUT2D eigenvalue weighted by atomic mass is 9.91. The molecule has 0 N–H and O–H groups in total. The maximum absolute atomic E-state index is 6.09. The molecule has 474 valence electrons. The number of rotatable bonds is 9. The van der Waals surface area contributed by atoms with Crippen LogP contribution in [0.25, 0.3) is 198 Å². The Hall–Kier alpha value is -13.9. The van der Waals surface area contributed by atoms with Gasteiger partial charge in [0.15, 0.2) is 5.82 Å². The highest BCUT2D eigenvalue weighted by Gasteiger charge is 2.30. The standard InChI is InChI=1S/C93H57N9/c1-10-28-78-65(19-1)66-20-2-11-29-79(66)97(78)61-38-42-87-75(54-61)71-25-7-16-34-84(71)100(87)90-57-96-93(102-86-36-18-9-27-73(86)77-56-63(40-44-89(77)102)99-82-32-14-5-23-69(82)70-24-6-15-33-83(70)99)92(91(90)60-37-41-64(58-45-49-94-50-46-58)74(53-60)59-47-51-95-52-48-59)101-85-35-17-8-26-72(85)76-55-62(39-43-88(76)101)98-80-30-12-3-21-67(80)68-22-4-13-31-81(68)98/h1-57H. The van der Waals surface area contributed by atoms with Crippen molar-refractivity contribution in [3.05, 3.63) is 346 Å². The number of benzene rings is 13. The lowest BCUT2D eigenvalue weighted by Gasteiger charge is -2.24. The van der Waals surface area contributed by atoms with Gasteiger partial charge in [-0.1, -0.05) is 176 Å². The molecule has 0 aliphatic heterocycles. The minimum atomic E-state index is 0.775. The molecule has 0 bridgehead atoms. The maximum atomic E-state index is 6.09. The highest BCUT2D eigenvalue weighted by Crippen LogP contribution is 2.49. The summed E-state index contributed by atoms with van der Waals surface area (Å²) in [4.78, 5) is 15.2. The van der Waals surface area contributed by atoms with Crippen molar-refractivity contribution in [2.75, 3.05) is 0 Å². The monoisotopic (exact) mass is 1300 g/mol. The van der Waals surface area contributed by atoms with Crippen molar-refractivity contribution in [1.29, 1.82) is 0 Å². The Bertz CT molecular complexity index is 7100. The van der Waals surface area contributed by atoms with Crippen molar-refractivity contribution in [3.63, 3.8) is 0 Å². The van der Waals surface area contributed by atoms with Crippen molar-refractivity contribution in [2.24, 2.45) is 0 Å². The average molecular weight is 1300 g/mol. The fourth-order valence-electron chi connectivity index (χ4n) is 17.2. The molecular weight excluding hydrogens is 1240 g/mol. The van der Waals surface area contributed by atoms with E-state index in [9.17, 15) is 0 Å². The van der Waals surface area contributed by atoms with Gasteiger partial charge in [0, 0.05) is 112 Å². The summed E-state index contributed by atoms with van der Waals surface area (Å²) in [5.74, 6) is 0.775. The van der Waals surface area contributed by atoms with Crippen LogP contribution in [0.1, 0.15) is 0 Å². The third-order valence-electron chi connectivity index (χ3n) is 21.5. The van der Waals surface area contributed by atoms with Crippen molar-refractivity contribution in [1.82, 2.24) is 42.4 Å². The Morgan fingerprint density at radius 1 is 0.206 bits per heavy atom. The second kappa shape index (κ2) is 21.8. The van der Waals surface area contributed by atoms with E-state index in [1.165, 1.54) is 32.3 Å². The van der Waals surface area contributed by atoms with Gasteiger partial charge in [-0.15, -0.1) is 0 Å². The summed E-state index contributed by atoms with van der Waals surface area (Å²) in [6.07, 6.45) is 9.71. The molecular formula is C93H57N9. The van der Waals surface area contributed by atoms with E-state index in [0.717, 1.165) is 166 Å². The molecule has 0 atom stereocenters. The maximum Gasteiger partial charge on any atom is 0.162 e. The third-order valence-corrected chi connectivity index (χ3v) is 21.5. The molecule has 0 unspecified atom stereocenters. The Kier molecular flexibility index (Phi) is 12.0. The fraction of sp³-hybridized carbons (Fsp3) is 0.